The Morgan fingerprint density at radius 3 is 2.77 bits per heavy atom. The molecule has 0 aromatic heterocycles. The Labute approximate surface area is 77.2 Å². The molecule has 0 radical (unpaired) electrons. The Balaban J connectivity index is 3.37. The Bertz CT molecular complexity index is 181. The number of hydrogen-bond acceptors (Lipinski definition) is 4. The molecular weight excluding hydrogens is 172 g/mol. The van der Waals surface area contributed by atoms with Gasteiger partial charge in [-0.1, -0.05) is 12.1 Å². The number of amides is 1. The van der Waals surface area contributed by atoms with Crippen molar-refractivity contribution in [3.8, 4) is 0 Å². The molecule has 0 aliphatic rings. The predicted molar refractivity (Wildman–Crippen MR) is 49.6 cm³/mol. The lowest BCUT2D eigenvalue weighted by atomic mass is 10.4. The standard InChI is InChI=1S/C7H16N4O2/c1-2-3-10-7(12)5-9-4-6(8)11-13/h9,13H,2-5H2,1H3,(H2,8,11)(H,10,12). The van der Waals surface area contributed by atoms with Gasteiger partial charge in [0.05, 0.1) is 13.1 Å². The third-order valence-corrected chi connectivity index (χ3v) is 1.29. The summed E-state index contributed by atoms with van der Waals surface area (Å²) in [5.74, 6) is -0.0316. The monoisotopic (exact) mass is 188 g/mol. The SMILES string of the molecule is CCCNC(=O)CNCC(N)=NO. The third kappa shape index (κ3) is 7.07. The molecule has 0 saturated heterocycles. The van der Waals surface area contributed by atoms with Gasteiger partial charge in [0.1, 0.15) is 0 Å². The molecule has 76 valence electrons. The molecule has 5 N–H and O–H groups in total. The fourth-order valence-electron chi connectivity index (χ4n) is 0.666. The minimum Gasteiger partial charge on any atom is -0.409 e. The molecule has 13 heavy (non-hydrogen) atoms. The van der Waals surface area contributed by atoms with E-state index in [1.54, 1.807) is 0 Å². The molecule has 0 saturated carbocycles. The van der Waals surface area contributed by atoms with Crippen molar-refractivity contribution in [3.05, 3.63) is 0 Å². The van der Waals surface area contributed by atoms with Crippen LogP contribution in [-0.4, -0.2) is 36.6 Å². The number of amidine groups is 1. The van der Waals surface area contributed by atoms with Gasteiger partial charge in [0.15, 0.2) is 5.84 Å². The minimum absolute atomic E-state index is 0.0586. The molecule has 0 unspecified atom stereocenters. The number of nitrogens with two attached hydrogens (primary N) is 1. The van der Waals surface area contributed by atoms with Crippen LogP contribution >= 0.6 is 0 Å². The summed E-state index contributed by atoms with van der Waals surface area (Å²) in [7, 11) is 0. The Kier molecular flexibility index (Phi) is 6.62. The highest BCUT2D eigenvalue weighted by atomic mass is 16.4. The molecule has 0 heterocycles. The van der Waals surface area contributed by atoms with Gasteiger partial charge in [-0.2, -0.15) is 0 Å². The zero-order valence-corrected chi connectivity index (χ0v) is 7.71. The average molecular weight is 188 g/mol. The molecule has 6 heteroatoms. The molecule has 0 aliphatic heterocycles. The van der Waals surface area contributed by atoms with Crippen LogP contribution < -0.4 is 16.4 Å². The first-order valence-electron chi connectivity index (χ1n) is 4.14. The second-order valence-electron chi connectivity index (χ2n) is 2.54. The summed E-state index contributed by atoms with van der Waals surface area (Å²) in [5, 5.41) is 16.3. The molecule has 0 spiro atoms. The third-order valence-electron chi connectivity index (χ3n) is 1.29. The van der Waals surface area contributed by atoms with Crippen molar-refractivity contribution < 1.29 is 10.0 Å². The van der Waals surface area contributed by atoms with Gasteiger partial charge in [-0.15, -0.1) is 0 Å². The van der Waals surface area contributed by atoms with E-state index >= 15 is 0 Å². The highest BCUT2D eigenvalue weighted by Gasteiger charge is 1.99. The Morgan fingerprint density at radius 2 is 2.23 bits per heavy atom. The molecule has 0 aromatic carbocycles. The van der Waals surface area contributed by atoms with Gasteiger partial charge in [-0.05, 0) is 6.42 Å². The molecule has 0 fully saturated rings. The van der Waals surface area contributed by atoms with Crippen LogP contribution in [0.15, 0.2) is 5.16 Å². The maximum absolute atomic E-state index is 11.0. The maximum Gasteiger partial charge on any atom is 0.233 e. The van der Waals surface area contributed by atoms with E-state index in [1.165, 1.54) is 0 Å². The molecule has 0 atom stereocenters. The fraction of sp³-hybridized carbons (Fsp3) is 0.714. The molecule has 0 aliphatic carbocycles. The summed E-state index contributed by atoms with van der Waals surface area (Å²) in [5.41, 5.74) is 5.17. The molecule has 0 rings (SSSR count). The van der Waals surface area contributed by atoms with E-state index < -0.39 is 0 Å². The largest absolute Gasteiger partial charge is 0.409 e. The van der Waals surface area contributed by atoms with Gasteiger partial charge >= 0.3 is 0 Å². The van der Waals surface area contributed by atoms with Crippen molar-refractivity contribution in [2.24, 2.45) is 10.9 Å². The quantitative estimate of drug-likeness (QED) is 0.183. The first-order chi connectivity index (χ1) is 6.20. The summed E-state index contributed by atoms with van der Waals surface area (Å²) < 4.78 is 0. The molecule has 6 nitrogen and oxygen atoms in total. The average Bonchev–Trinajstić information content (AvgIpc) is 2.14. The van der Waals surface area contributed by atoms with Gasteiger partial charge in [0.25, 0.3) is 0 Å². The second kappa shape index (κ2) is 7.35. The first-order valence-corrected chi connectivity index (χ1v) is 4.14. The summed E-state index contributed by atoms with van der Waals surface area (Å²) >= 11 is 0. The zero-order chi connectivity index (χ0) is 10.1. The van der Waals surface area contributed by atoms with Crippen molar-refractivity contribution in [3.63, 3.8) is 0 Å². The van der Waals surface area contributed by atoms with Crippen molar-refractivity contribution in [1.82, 2.24) is 10.6 Å². The van der Waals surface area contributed by atoms with Crippen molar-refractivity contribution in [1.29, 1.82) is 0 Å². The van der Waals surface area contributed by atoms with Crippen molar-refractivity contribution >= 4 is 11.7 Å². The summed E-state index contributed by atoms with van der Waals surface area (Å²) in [6, 6.07) is 0. The van der Waals surface area contributed by atoms with Gasteiger partial charge < -0.3 is 21.6 Å². The molecular formula is C7H16N4O2. The van der Waals surface area contributed by atoms with E-state index in [9.17, 15) is 4.79 Å². The lowest BCUT2D eigenvalue weighted by Crippen LogP contribution is -2.38. The number of carbonyl (C=O) groups is 1. The number of nitrogens with zero attached hydrogens (tertiary/aromatic N) is 1. The number of hydrogen-bond donors (Lipinski definition) is 4. The van der Waals surface area contributed by atoms with Crippen LogP contribution in [0.2, 0.25) is 0 Å². The second-order valence-corrected chi connectivity index (χ2v) is 2.54. The molecule has 0 aromatic rings. The first kappa shape index (κ1) is 11.7. The maximum atomic E-state index is 11.0. The van der Waals surface area contributed by atoms with E-state index in [2.05, 4.69) is 15.8 Å². The fourth-order valence-corrected chi connectivity index (χ4v) is 0.666. The topological polar surface area (TPSA) is 99.7 Å². The molecule has 1 amide bonds. The van der Waals surface area contributed by atoms with E-state index in [1.807, 2.05) is 6.92 Å². The normalized spacial score (nSPS) is 11.3. The summed E-state index contributed by atoms with van der Waals surface area (Å²) in [4.78, 5) is 11.0. The number of nitrogens with one attached hydrogen (secondary N) is 2. The van der Waals surface area contributed by atoms with Gasteiger partial charge in [-0.3, -0.25) is 4.79 Å². The highest BCUT2D eigenvalue weighted by Crippen LogP contribution is 1.70. The van der Waals surface area contributed by atoms with E-state index in [-0.39, 0.29) is 24.8 Å². The van der Waals surface area contributed by atoms with Crippen molar-refractivity contribution in [2.45, 2.75) is 13.3 Å². The predicted octanol–water partition coefficient (Wildman–Crippen LogP) is -1.15. The van der Waals surface area contributed by atoms with E-state index in [4.69, 9.17) is 10.9 Å². The molecule has 0 bridgehead atoms. The van der Waals surface area contributed by atoms with E-state index in [0.29, 0.717) is 6.54 Å². The van der Waals surface area contributed by atoms with Gasteiger partial charge in [-0.25, -0.2) is 0 Å². The van der Waals surface area contributed by atoms with Crippen LogP contribution in [0.25, 0.3) is 0 Å². The van der Waals surface area contributed by atoms with Crippen LogP contribution in [0.1, 0.15) is 13.3 Å². The van der Waals surface area contributed by atoms with Crippen molar-refractivity contribution in [2.75, 3.05) is 19.6 Å². The lowest BCUT2D eigenvalue weighted by molar-refractivity contribution is -0.120. The van der Waals surface area contributed by atoms with Crippen LogP contribution in [-0.2, 0) is 4.79 Å². The Hall–Kier alpha value is -1.30. The van der Waals surface area contributed by atoms with E-state index in [0.717, 1.165) is 6.42 Å². The lowest BCUT2D eigenvalue weighted by Gasteiger charge is -2.04. The highest BCUT2D eigenvalue weighted by molar-refractivity contribution is 5.83. The zero-order valence-electron chi connectivity index (χ0n) is 7.71. The number of oxime groups is 1. The van der Waals surface area contributed by atoms with Gasteiger partial charge in [0.2, 0.25) is 5.91 Å². The van der Waals surface area contributed by atoms with Crippen LogP contribution in [0.4, 0.5) is 0 Å². The smallest absolute Gasteiger partial charge is 0.233 e. The summed E-state index contributed by atoms with van der Waals surface area (Å²) in [6.07, 6.45) is 0.909. The summed E-state index contributed by atoms with van der Waals surface area (Å²) in [6.45, 7) is 3.03. The van der Waals surface area contributed by atoms with Crippen LogP contribution in [0, 0.1) is 0 Å². The van der Waals surface area contributed by atoms with Gasteiger partial charge in [0, 0.05) is 6.54 Å². The van der Waals surface area contributed by atoms with Crippen LogP contribution in [0.3, 0.4) is 0 Å². The number of rotatable bonds is 6. The number of carbonyl (C=O) groups excluding carboxylic acids is 1. The van der Waals surface area contributed by atoms with Crippen LogP contribution in [0.5, 0.6) is 0 Å². The minimum atomic E-state index is -0.0902. The Morgan fingerprint density at radius 1 is 1.54 bits per heavy atom.